The summed E-state index contributed by atoms with van der Waals surface area (Å²) in [6, 6.07) is 16.5. The second-order valence-corrected chi connectivity index (χ2v) is 6.16. The Hall–Kier alpha value is -1.84. The number of aryl methyl sites for hydroxylation is 1. The molecule has 0 saturated carbocycles. The Bertz CT molecular complexity index is 697. The number of nitrogens with zero attached hydrogens (tertiary/aromatic N) is 1. The van der Waals surface area contributed by atoms with Gasteiger partial charge in [0, 0.05) is 11.5 Å². The Labute approximate surface area is 148 Å². The predicted molar refractivity (Wildman–Crippen MR) is 99.0 cm³/mol. The van der Waals surface area contributed by atoms with Crippen molar-refractivity contribution >= 4 is 23.1 Å². The topological polar surface area (TPSA) is 30.8 Å². The van der Waals surface area contributed by atoms with E-state index >= 15 is 0 Å². The van der Waals surface area contributed by atoms with Gasteiger partial charge in [0.2, 0.25) is 0 Å². The summed E-state index contributed by atoms with van der Waals surface area (Å²) in [6.45, 7) is 3.53. The van der Waals surface area contributed by atoms with E-state index < -0.39 is 0 Å². The van der Waals surface area contributed by atoms with E-state index in [9.17, 15) is 0 Å². The van der Waals surface area contributed by atoms with Crippen LogP contribution in [0.4, 0.5) is 5.69 Å². The zero-order valence-corrected chi connectivity index (χ0v) is 14.6. The Morgan fingerprint density at radius 2 is 1.62 bits per heavy atom. The van der Waals surface area contributed by atoms with Gasteiger partial charge < -0.3 is 9.47 Å². The standard InChI is InChI=1S/C20H21NO2S/c1-2-3-15-4-6-16(7-5-15)18-12-22-20(23-13-18)17-8-10-19(11-9-17)21-14-24/h4-11,18,20H,2-3,12-13H2,1H3/t18-,20-. The lowest BCUT2D eigenvalue weighted by molar-refractivity contribution is -0.191. The molecule has 1 heterocycles. The summed E-state index contributed by atoms with van der Waals surface area (Å²) >= 11 is 4.61. The summed E-state index contributed by atoms with van der Waals surface area (Å²) in [6.07, 6.45) is 1.99. The highest BCUT2D eigenvalue weighted by Gasteiger charge is 2.24. The smallest absolute Gasteiger partial charge is 0.183 e. The molecule has 3 rings (SSSR count). The molecule has 124 valence electrons. The second kappa shape index (κ2) is 8.32. The van der Waals surface area contributed by atoms with Gasteiger partial charge in [-0.15, -0.1) is 0 Å². The van der Waals surface area contributed by atoms with Crippen LogP contribution in [0.15, 0.2) is 53.5 Å². The van der Waals surface area contributed by atoms with Crippen molar-refractivity contribution in [1.29, 1.82) is 0 Å². The molecule has 1 aliphatic heterocycles. The van der Waals surface area contributed by atoms with Crippen LogP contribution >= 0.6 is 12.2 Å². The highest BCUT2D eigenvalue weighted by molar-refractivity contribution is 7.78. The summed E-state index contributed by atoms with van der Waals surface area (Å²) in [5, 5.41) is 2.36. The highest BCUT2D eigenvalue weighted by atomic mass is 32.1. The number of aliphatic imine (C=N–C) groups is 1. The van der Waals surface area contributed by atoms with Crippen LogP contribution in [0.1, 0.15) is 42.2 Å². The van der Waals surface area contributed by atoms with Gasteiger partial charge >= 0.3 is 0 Å². The van der Waals surface area contributed by atoms with Crippen LogP contribution in [-0.2, 0) is 15.9 Å². The fourth-order valence-electron chi connectivity index (χ4n) is 2.89. The molecular formula is C20H21NO2S. The third-order valence-corrected chi connectivity index (χ3v) is 4.32. The molecule has 0 N–H and O–H groups in total. The van der Waals surface area contributed by atoms with Gasteiger partial charge in [-0.3, -0.25) is 0 Å². The lowest BCUT2D eigenvalue weighted by Crippen LogP contribution is -2.25. The number of thiocarbonyl (C=S) groups is 1. The normalized spacial score (nSPS) is 20.4. The maximum absolute atomic E-state index is 5.92. The summed E-state index contributed by atoms with van der Waals surface area (Å²) in [5.41, 5.74) is 4.44. The van der Waals surface area contributed by atoms with Gasteiger partial charge in [-0.2, -0.15) is 4.99 Å². The third kappa shape index (κ3) is 4.16. The Balaban J connectivity index is 1.59. The monoisotopic (exact) mass is 339 g/mol. The van der Waals surface area contributed by atoms with Gasteiger partial charge in [0.15, 0.2) is 6.29 Å². The number of rotatable bonds is 5. The van der Waals surface area contributed by atoms with E-state index in [1.807, 2.05) is 24.3 Å². The van der Waals surface area contributed by atoms with Crippen molar-refractivity contribution in [3.8, 4) is 0 Å². The van der Waals surface area contributed by atoms with Gasteiger partial charge in [-0.1, -0.05) is 49.7 Å². The van der Waals surface area contributed by atoms with Gasteiger partial charge in [0.25, 0.3) is 0 Å². The summed E-state index contributed by atoms with van der Waals surface area (Å²) in [5.74, 6) is 0.288. The predicted octanol–water partition coefficient (Wildman–Crippen LogP) is 5.20. The van der Waals surface area contributed by atoms with E-state index in [0.29, 0.717) is 13.2 Å². The molecule has 2 aromatic carbocycles. The quantitative estimate of drug-likeness (QED) is 0.554. The first-order valence-electron chi connectivity index (χ1n) is 8.30. The van der Waals surface area contributed by atoms with E-state index in [0.717, 1.165) is 17.7 Å². The van der Waals surface area contributed by atoms with Crippen molar-refractivity contribution < 1.29 is 9.47 Å². The maximum atomic E-state index is 5.92. The van der Waals surface area contributed by atoms with Crippen molar-refractivity contribution in [2.75, 3.05) is 13.2 Å². The van der Waals surface area contributed by atoms with Crippen molar-refractivity contribution in [2.24, 2.45) is 4.99 Å². The van der Waals surface area contributed by atoms with Crippen LogP contribution in [0, 0.1) is 0 Å². The molecule has 24 heavy (non-hydrogen) atoms. The van der Waals surface area contributed by atoms with Crippen LogP contribution in [-0.4, -0.2) is 18.4 Å². The SMILES string of the molecule is CCCc1ccc([C@H]2CO[C@H](c3ccc(N=C=S)cc3)OC2)cc1. The Morgan fingerprint density at radius 3 is 2.21 bits per heavy atom. The van der Waals surface area contributed by atoms with Crippen molar-refractivity contribution in [1.82, 2.24) is 0 Å². The molecule has 0 amide bonds. The molecule has 1 fully saturated rings. The zero-order chi connectivity index (χ0) is 16.8. The molecule has 0 bridgehead atoms. The summed E-state index contributed by atoms with van der Waals surface area (Å²) in [4.78, 5) is 3.95. The third-order valence-electron chi connectivity index (χ3n) is 4.23. The lowest BCUT2D eigenvalue weighted by atomic mass is 9.98. The first-order chi connectivity index (χ1) is 11.8. The number of hydrogen-bond donors (Lipinski definition) is 0. The van der Waals surface area contributed by atoms with E-state index in [2.05, 4.69) is 53.6 Å². The molecule has 4 heteroatoms. The zero-order valence-electron chi connectivity index (χ0n) is 13.8. The Kier molecular flexibility index (Phi) is 5.89. The molecular weight excluding hydrogens is 318 g/mol. The molecule has 0 atom stereocenters. The van der Waals surface area contributed by atoms with Crippen LogP contribution < -0.4 is 0 Å². The fourth-order valence-corrected chi connectivity index (χ4v) is 3.00. The van der Waals surface area contributed by atoms with E-state index in [-0.39, 0.29) is 12.2 Å². The fraction of sp³-hybridized carbons (Fsp3) is 0.350. The minimum absolute atomic E-state index is 0.288. The van der Waals surface area contributed by atoms with Crippen molar-refractivity contribution in [3.63, 3.8) is 0 Å². The van der Waals surface area contributed by atoms with E-state index in [4.69, 9.17) is 9.47 Å². The number of ether oxygens (including phenoxy) is 2. The molecule has 1 saturated heterocycles. The highest BCUT2D eigenvalue weighted by Crippen LogP contribution is 2.30. The average molecular weight is 339 g/mol. The van der Waals surface area contributed by atoms with E-state index in [1.54, 1.807) is 0 Å². The van der Waals surface area contributed by atoms with Crippen LogP contribution in [0.5, 0.6) is 0 Å². The second-order valence-electron chi connectivity index (χ2n) is 5.98. The van der Waals surface area contributed by atoms with E-state index in [1.165, 1.54) is 17.5 Å². The molecule has 0 unspecified atom stereocenters. The molecule has 0 radical (unpaired) electrons. The average Bonchev–Trinajstić information content (AvgIpc) is 2.64. The lowest BCUT2D eigenvalue weighted by Gasteiger charge is -2.30. The molecule has 1 aliphatic rings. The van der Waals surface area contributed by atoms with Gasteiger partial charge in [0.1, 0.15) is 0 Å². The summed E-state index contributed by atoms with van der Waals surface area (Å²) < 4.78 is 11.8. The minimum atomic E-state index is -0.314. The Morgan fingerprint density at radius 1 is 1.00 bits per heavy atom. The molecule has 2 aromatic rings. The molecule has 0 aliphatic carbocycles. The number of isothiocyanates is 1. The van der Waals surface area contributed by atoms with Crippen molar-refractivity contribution in [3.05, 3.63) is 65.2 Å². The first kappa shape index (κ1) is 17.0. The van der Waals surface area contributed by atoms with Crippen LogP contribution in [0.2, 0.25) is 0 Å². The molecule has 0 spiro atoms. The maximum Gasteiger partial charge on any atom is 0.183 e. The van der Waals surface area contributed by atoms with Gasteiger partial charge in [0.05, 0.1) is 24.1 Å². The number of hydrogen-bond acceptors (Lipinski definition) is 4. The van der Waals surface area contributed by atoms with Gasteiger partial charge in [-0.05, 0) is 41.9 Å². The summed E-state index contributed by atoms with van der Waals surface area (Å²) in [7, 11) is 0. The largest absolute Gasteiger partial charge is 0.348 e. The minimum Gasteiger partial charge on any atom is -0.348 e. The molecule has 3 nitrogen and oxygen atoms in total. The molecule has 0 aromatic heterocycles. The van der Waals surface area contributed by atoms with Crippen LogP contribution in [0.25, 0.3) is 0 Å². The van der Waals surface area contributed by atoms with Crippen LogP contribution in [0.3, 0.4) is 0 Å². The first-order valence-corrected chi connectivity index (χ1v) is 8.71. The number of benzene rings is 2. The van der Waals surface area contributed by atoms with Gasteiger partial charge in [-0.25, -0.2) is 0 Å². The van der Waals surface area contributed by atoms with Crippen molar-refractivity contribution in [2.45, 2.75) is 32.0 Å².